The van der Waals surface area contributed by atoms with Gasteiger partial charge in [-0.3, -0.25) is 4.79 Å². The third-order valence-electron chi connectivity index (χ3n) is 4.19. The van der Waals surface area contributed by atoms with Gasteiger partial charge in [-0.2, -0.15) is 0 Å². The molecule has 0 aromatic heterocycles. The normalized spacial score (nSPS) is 16.8. The van der Waals surface area contributed by atoms with Crippen molar-refractivity contribution < 1.29 is 14.3 Å². The molecule has 130 valence electrons. The maximum Gasteiger partial charge on any atom is 0.421 e. The quantitative estimate of drug-likeness (QED) is 0.756. The van der Waals surface area contributed by atoms with Crippen LogP contribution < -0.4 is 4.90 Å². The number of carbonyl (C=O) groups excluding carboxylic acids is 2. The zero-order valence-corrected chi connectivity index (χ0v) is 15.3. The van der Waals surface area contributed by atoms with Crippen LogP contribution in [0.2, 0.25) is 0 Å². The number of ether oxygens (including phenoxy) is 1. The summed E-state index contributed by atoms with van der Waals surface area (Å²) in [5.74, 6) is -0.748. The highest BCUT2D eigenvalue weighted by molar-refractivity contribution is 6.20. The van der Waals surface area contributed by atoms with Gasteiger partial charge in [0.15, 0.2) is 0 Å². The van der Waals surface area contributed by atoms with Crippen LogP contribution in [0.25, 0.3) is 0 Å². The van der Waals surface area contributed by atoms with Crippen LogP contribution in [0, 0.1) is 13.8 Å². The van der Waals surface area contributed by atoms with E-state index in [0.717, 1.165) is 22.3 Å². The van der Waals surface area contributed by atoms with Crippen LogP contribution in [0.4, 0.5) is 10.5 Å². The van der Waals surface area contributed by atoms with E-state index in [0.29, 0.717) is 5.69 Å². The van der Waals surface area contributed by atoms with E-state index in [9.17, 15) is 9.59 Å². The molecular weight excluding hydrogens is 314 g/mol. The van der Waals surface area contributed by atoms with Crippen LogP contribution in [0.3, 0.4) is 0 Å². The molecule has 0 fully saturated rings. The van der Waals surface area contributed by atoms with Crippen molar-refractivity contribution in [1.82, 2.24) is 0 Å². The van der Waals surface area contributed by atoms with Gasteiger partial charge in [0.25, 0.3) is 0 Å². The Kier molecular flexibility index (Phi) is 4.15. The molecule has 2 amide bonds. The van der Waals surface area contributed by atoms with Crippen LogP contribution in [-0.2, 0) is 9.53 Å². The number of amides is 2. The molecule has 0 saturated carbocycles. The molecule has 1 heterocycles. The number of nitrogens with zero attached hydrogens (tertiary/aromatic N) is 1. The average Bonchev–Trinajstić information content (AvgIpc) is 2.78. The Balaban J connectivity index is 2.08. The highest BCUT2D eigenvalue weighted by atomic mass is 16.6. The number of imide groups is 1. The van der Waals surface area contributed by atoms with Gasteiger partial charge in [-0.15, -0.1) is 0 Å². The Morgan fingerprint density at radius 1 is 1.00 bits per heavy atom. The highest BCUT2D eigenvalue weighted by Gasteiger charge is 2.43. The lowest BCUT2D eigenvalue weighted by molar-refractivity contribution is -0.118. The molecule has 4 heteroatoms. The highest BCUT2D eigenvalue weighted by Crippen LogP contribution is 2.42. The molecule has 0 spiro atoms. The number of hydrogen-bond donors (Lipinski definition) is 0. The fourth-order valence-electron chi connectivity index (χ4n) is 3.07. The molecule has 25 heavy (non-hydrogen) atoms. The molecule has 1 atom stereocenters. The fourth-order valence-corrected chi connectivity index (χ4v) is 3.07. The minimum absolute atomic E-state index is 0.265. The van der Waals surface area contributed by atoms with Gasteiger partial charge in [0.05, 0.1) is 11.6 Å². The van der Waals surface area contributed by atoms with E-state index in [1.165, 1.54) is 4.90 Å². The zero-order chi connectivity index (χ0) is 18.4. The summed E-state index contributed by atoms with van der Waals surface area (Å²) in [5.41, 5.74) is 3.85. The predicted octanol–water partition coefficient (Wildman–Crippen LogP) is 4.72. The largest absolute Gasteiger partial charge is 0.443 e. The van der Waals surface area contributed by atoms with Crippen molar-refractivity contribution in [3.05, 3.63) is 64.7 Å². The van der Waals surface area contributed by atoms with Crippen LogP contribution in [0.1, 0.15) is 48.9 Å². The lowest BCUT2D eigenvalue weighted by Crippen LogP contribution is -2.39. The maximum absolute atomic E-state index is 13.1. The molecule has 1 aliphatic rings. The minimum atomic E-state index is -0.663. The third-order valence-corrected chi connectivity index (χ3v) is 4.19. The van der Waals surface area contributed by atoms with Gasteiger partial charge in [0.1, 0.15) is 5.60 Å². The summed E-state index contributed by atoms with van der Waals surface area (Å²) in [6, 6.07) is 13.6. The first kappa shape index (κ1) is 17.2. The summed E-state index contributed by atoms with van der Waals surface area (Å²) in [4.78, 5) is 26.9. The van der Waals surface area contributed by atoms with Gasteiger partial charge in [0, 0.05) is 0 Å². The van der Waals surface area contributed by atoms with E-state index < -0.39 is 17.6 Å². The van der Waals surface area contributed by atoms with Crippen molar-refractivity contribution >= 4 is 17.7 Å². The number of fused-ring (bicyclic) bond motifs is 1. The topological polar surface area (TPSA) is 46.6 Å². The van der Waals surface area contributed by atoms with Crippen molar-refractivity contribution in [2.75, 3.05) is 4.90 Å². The number of rotatable bonds is 1. The second-order valence-corrected chi connectivity index (χ2v) is 7.56. The van der Waals surface area contributed by atoms with Gasteiger partial charge in [0.2, 0.25) is 5.91 Å². The maximum atomic E-state index is 13.1. The van der Waals surface area contributed by atoms with Crippen molar-refractivity contribution in [2.45, 2.75) is 46.1 Å². The third kappa shape index (κ3) is 3.29. The van der Waals surface area contributed by atoms with Crippen molar-refractivity contribution in [2.24, 2.45) is 0 Å². The fraction of sp³-hybridized carbons (Fsp3) is 0.333. The Bertz CT molecular complexity index is 831. The molecule has 1 unspecified atom stereocenters. The predicted molar refractivity (Wildman–Crippen MR) is 97.9 cm³/mol. The van der Waals surface area contributed by atoms with E-state index in [4.69, 9.17) is 4.74 Å². The molecule has 0 aliphatic carbocycles. The molecule has 3 rings (SSSR count). The van der Waals surface area contributed by atoms with E-state index in [1.807, 2.05) is 56.3 Å². The van der Waals surface area contributed by atoms with Gasteiger partial charge >= 0.3 is 6.09 Å². The Labute approximate surface area is 148 Å². The number of aryl methyl sites for hydroxylation is 2. The van der Waals surface area contributed by atoms with E-state index in [2.05, 4.69) is 0 Å². The molecule has 0 saturated heterocycles. The summed E-state index contributed by atoms with van der Waals surface area (Å²) in [7, 11) is 0. The van der Waals surface area contributed by atoms with Crippen molar-refractivity contribution in [1.29, 1.82) is 0 Å². The van der Waals surface area contributed by atoms with Gasteiger partial charge in [-0.1, -0.05) is 47.5 Å². The van der Waals surface area contributed by atoms with E-state index in [-0.39, 0.29) is 5.91 Å². The summed E-state index contributed by atoms with van der Waals surface area (Å²) in [5, 5.41) is 0. The first-order valence-corrected chi connectivity index (χ1v) is 8.41. The summed E-state index contributed by atoms with van der Waals surface area (Å²) in [6.45, 7) is 9.36. The summed E-state index contributed by atoms with van der Waals surface area (Å²) in [6.07, 6.45) is -0.628. The van der Waals surface area contributed by atoms with Gasteiger partial charge in [-0.05, 0) is 51.8 Å². The summed E-state index contributed by atoms with van der Waals surface area (Å²) < 4.78 is 5.45. The molecule has 4 nitrogen and oxygen atoms in total. The monoisotopic (exact) mass is 337 g/mol. The number of benzene rings is 2. The van der Waals surface area contributed by atoms with E-state index >= 15 is 0 Å². The standard InChI is InChI=1S/C21H23NO3/c1-13-6-9-15(10-7-13)18-16-12-14(2)8-11-17(16)22(19(18)23)20(24)25-21(3,4)5/h6-12,18H,1-5H3. The van der Waals surface area contributed by atoms with Gasteiger partial charge in [-0.25, -0.2) is 9.69 Å². The molecule has 0 N–H and O–H groups in total. The first-order valence-electron chi connectivity index (χ1n) is 8.41. The lowest BCUT2D eigenvalue weighted by Gasteiger charge is -2.24. The van der Waals surface area contributed by atoms with Crippen molar-refractivity contribution in [3.63, 3.8) is 0 Å². The number of anilines is 1. The van der Waals surface area contributed by atoms with Crippen molar-refractivity contribution in [3.8, 4) is 0 Å². The Morgan fingerprint density at radius 2 is 1.60 bits per heavy atom. The smallest absolute Gasteiger partial charge is 0.421 e. The van der Waals surface area contributed by atoms with E-state index in [1.54, 1.807) is 20.8 Å². The molecule has 2 aromatic carbocycles. The molecule has 2 aromatic rings. The second-order valence-electron chi connectivity index (χ2n) is 7.56. The zero-order valence-electron chi connectivity index (χ0n) is 15.3. The number of carbonyl (C=O) groups is 2. The van der Waals surface area contributed by atoms with Crippen LogP contribution in [-0.4, -0.2) is 17.6 Å². The molecule has 1 aliphatic heterocycles. The van der Waals surface area contributed by atoms with Crippen LogP contribution in [0.5, 0.6) is 0 Å². The lowest BCUT2D eigenvalue weighted by atomic mass is 9.91. The molecular formula is C21H23NO3. The summed E-state index contributed by atoms with van der Waals surface area (Å²) >= 11 is 0. The number of hydrogen-bond acceptors (Lipinski definition) is 3. The average molecular weight is 337 g/mol. The van der Waals surface area contributed by atoms with Gasteiger partial charge < -0.3 is 4.74 Å². The molecule has 0 bridgehead atoms. The van der Waals surface area contributed by atoms with Crippen LogP contribution >= 0.6 is 0 Å². The molecule has 0 radical (unpaired) electrons. The first-order chi connectivity index (χ1) is 11.7. The Morgan fingerprint density at radius 3 is 2.20 bits per heavy atom. The van der Waals surface area contributed by atoms with Crippen LogP contribution in [0.15, 0.2) is 42.5 Å². The minimum Gasteiger partial charge on any atom is -0.443 e. The second kappa shape index (κ2) is 6.03. The Hall–Kier alpha value is -2.62. The SMILES string of the molecule is Cc1ccc(C2C(=O)N(C(=O)OC(C)(C)C)c3ccc(C)cc32)cc1.